The zero-order valence-electron chi connectivity index (χ0n) is 11.3. The molecule has 1 heterocycles. The van der Waals surface area contributed by atoms with Gasteiger partial charge in [0.1, 0.15) is 5.75 Å². The molecule has 3 rings (SSSR count). The molecule has 0 amide bonds. The summed E-state index contributed by atoms with van der Waals surface area (Å²) in [6.45, 7) is 0. The van der Waals surface area contributed by atoms with Gasteiger partial charge in [0.15, 0.2) is 5.78 Å². The number of carbonyl (C=O) groups is 1. The van der Waals surface area contributed by atoms with E-state index in [-0.39, 0.29) is 5.78 Å². The maximum atomic E-state index is 12.8. The van der Waals surface area contributed by atoms with Gasteiger partial charge in [0.05, 0.1) is 12.7 Å². The first-order valence-electron chi connectivity index (χ1n) is 6.35. The number of ketones is 1. The normalized spacial score (nSPS) is 10.8. The number of ether oxygens (including phenoxy) is 1. The molecule has 1 aromatic heterocycles. The van der Waals surface area contributed by atoms with Crippen molar-refractivity contribution in [2.45, 2.75) is 0 Å². The number of methoxy groups -OCH3 is 1. The third kappa shape index (κ3) is 2.40. The molecule has 0 fully saturated rings. The van der Waals surface area contributed by atoms with Gasteiger partial charge in [-0.05, 0) is 30.3 Å². The first-order chi connectivity index (χ1) is 10.1. The molecule has 0 saturated heterocycles. The molecular weight excluding hydrogens is 332 g/mol. The fourth-order valence-corrected chi connectivity index (χ4v) is 2.70. The van der Waals surface area contributed by atoms with E-state index >= 15 is 0 Å². The van der Waals surface area contributed by atoms with Gasteiger partial charge >= 0.3 is 0 Å². The first kappa shape index (κ1) is 13.7. The summed E-state index contributed by atoms with van der Waals surface area (Å²) in [5.74, 6) is 0.397. The third-order valence-corrected chi connectivity index (χ3v) is 3.85. The van der Waals surface area contributed by atoms with E-state index in [0.717, 1.165) is 15.4 Å². The lowest BCUT2D eigenvalue weighted by Gasteiger charge is -2.08. The van der Waals surface area contributed by atoms with Crippen LogP contribution in [0.2, 0.25) is 0 Å². The van der Waals surface area contributed by atoms with Crippen molar-refractivity contribution in [3.05, 3.63) is 58.2 Å². The molecule has 0 aliphatic carbocycles. The van der Waals surface area contributed by atoms with Crippen molar-refractivity contribution < 1.29 is 9.53 Å². The number of fused-ring (bicyclic) bond motifs is 1. The Labute approximate surface area is 130 Å². The van der Waals surface area contributed by atoms with E-state index in [1.807, 2.05) is 18.2 Å². The predicted octanol–water partition coefficient (Wildman–Crippen LogP) is 3.75. The second-order valence-electron chi connectivity index (χ2n) is 4.68. The average molecular weight is 345 g/mol. The highest BCUT2D eigenvalue weighted by Crippen LogP contribution is 2.28. The number of benzene rings is 2. The van der Waals surface area contributed by atoms with Crippen LogP contribution in [0.1, 0.15) is 15.9 Å². The minimum atomic E-state index is -0.118. The van der Waals surface area contributed by atoms with Crippen LogP contribution in [-0.4, -0.2) is 17.9 Å². The number of carbonyl (C=O) groups excluding carboxylic acids is 1. The predicted molar refractivity (Wildman–Crippen MR) is 86.8 cm³/mol. The minimum absolute atomic E-state index is 0.118. The number of nitrogen functional groups attached to an aromatic ring is 1. The van der Waals surface area contributed by atoms with Crippen LogP contribution in [0.15, 0.2) is 47.1 Å². The summed E-state index contributed by atoms with van der Waals surface area (Å²) >= 11 is 3.41. The Kier molecular flexibility index (Phi) is 3.43. The van der Waals surface area contributed by atoms with Crippen molar-refractivity contribution >= 4 is 38.3 Å². The molecule has 0 saturated carbocycles. The molecule has 0 aliphatic rings. The summed E-state index contributed by atoms with van der Waals surface area (Å²) in [5.41, 5.74) is 8.27. The van der Waals surface area contributed by atoms with Crippen molar-refractivity contribution in [2.24, 2.45) is 0 Å². The largest absolute Gasteiger partial charge is 0.496 e. The van der Waals surface area contributed by atoms with Crippen LogP contribution in [0.4, 0.5) is 5.69 Å². The lowest BCUT2D eigenvalue weighted by atomic mass is 10.0. The monoisotopic (exact) mass is 344 g/mol. The smallest absolute Gasteiger partial charge is 0.198 e. The average Bonchev–Trinajstić information content (AvgIpc) is 2.89. The van der Waals surface area contributed by atoms with Crippen LogP contribution >= 0.6 is 15.9 Å². The number of rotatable bonds is 3. The summed E-state index contributed by atoms with van der Waals surface area (Å²) in [4.78, 5) is 15.9. The van der Waals surface area contributed by atoms with E-state index in [2.05, 4.69) is 20.9 Å². The zero-order chi connectivity index (χ0) is 15.0. The first-order valence-corrected chi connectivity index (χ1v) is 7.14. The van der Waals surface area contributed by atoms with Gasteiger partial charge in [-0.25, -0.2) is 0 Å². The maximum Gasteiger partial charge on any atom is 0.198 e. The highest BCUT2D eigenvalue weighted by Gasteiger charge is 2.18. The standard InChI is InChI=1S/C16H13BrN2O2/c1-21-15-5-3-10(18)7-12(15)16(20)13-8-19-14-6-9(17)2-4-11(13)14/h2-8,19H,18H2,1H3. The van der Waals surface area contributed by atoms with Gasteiger partial charge < -0.3 is 15.5 Å². The van der Waals surface area contributed by atoms with Crippen LogP contribution in [-0.2, 0) is 0 Å². The molecule has 0 unspecified atom stereocenters. The lowest BCUT2D eigenvalue weighted by Crippen LogP contribution is -2.04. The SMILES string of the molecule is COc1ccc(N)cc1C(=O)c1c[nH]c2cc(Br)ccc12. The van der Waals surface area contributed by atoms with Crippen molar-refractivity contribution in [1.29, 1.82) is 0 Å². The summed E-state index contributed by atoms with van der Waals surface area (Å²) in [6.07, 6.45) is 1.71. The van der Waals surface area contributed by atoms with Crippen molar-refractivity contribution in [2.75, 3.05) is 12.8 Å². The summed E-state index contributed by atoms with van der Waals surface area (Å²) in [5, 5.41) is 0.868. The Morgan fingerprint density at radius 1 is 1.19 bits per heavy atom. The number of halogens is 1. The van der Waals surface area contributed by atoms with E-state index in [4.69, 9.17) is 10.5 Å². The van der Waals surface area contributed by atoms with Gasteiger partial charge in [-0.2, -0.15) is 0 Å². The number of hydrogen-bond donors (Lipinski definition) is 2. The van der Waals surface area contributed by atoms with E-state index in [1.54, 1.807) is 24.4 Å². The van der Waals surface area contributed by atoms with Crippen LogP contribution in [0, 0.1) is 0 Å². The minimum Gasteiger partial charge on any atom is -0.496 e. The van der Waals surface area contributed by atoms with Gasteiger partial charge in [0.25, 0.3) is 0 Å². The number of H-pyrrole nitrogens is 1. The molecule has 2 aromatic carbocycles. The Morgan fingerprint density at radius 3 is 2.76 bits per heavy atom. The molecule has 3 N–H and O–H groups in total. The number of nitrogens with two attached hydrogens (primary N) is 1. The fraction of sp³-hybridized carbons (Fsp3) is 0.0625. The number of aromatic amines is 1. The molecule has 0 atom stereocenters. The Balaban J connectivity index is 2.15. The summed E-state index contributed by atoms with van der Waals surface area (Å²) in [7, 11) is 1.54. The van der Waals surface area contributed by atoms with Crippen LogP contribution in [0.3, 0.4) is 0 Å². The zero-order valence-corrected chi connectivity index (χ0v) is 12.9. The lowest BCUT2D eigenvalue weighted by molar-refractivity contribution is 0.103. The van der Waals surface area contributed by atoms with E-state index in [9.17, 15) is 4.79 Å². The van der Waals surface area contributed by atoms with Gasteiger partial charge in [0, 0.05) is 32.8 Å². The highest BCUT2D eigenvalue weighted by atomic mass is 79.9. The second-order valence-corrected chi connectivity index (χ2v) is 5.60. The molecule has 0 bridgehead atoms. The van der Waals surface area contributed by atoms with Crippen molar-refractivity contribution in [3.8, 4) is 5.75 Å². The molecule has 21 heavy (non-hydrogen) atoms. The van der Waals surface area contributed by atoms with E-state index in [1.165, 1.54) is 7.11 Å². The Bertz CT molecular complexity index is 839. The van der Waals surface area contributed by atoms with Crippen LogP contribution in [0.25, 0.3) is 10.9 Å². The molecule has 0 aliphatic heterocycles. The molecule has 4 nitrogen and oxygen atoms in total. The number of nitrogens with one attached hydrogen (secondary N) is 1. The van der Waals surface area contributed by atoms with Gasteiger partial charge in [-0.3, -0.25) is 4.79 Å². The molecular formula is C16H13BrN2O2. The Hall–Kier alpha value is -2.27. The van der Waals surface area contributed by atoms with E-state index in [0.29, 0.717) is 22.6 Å². The van der Waals surface area contributed by atoms with Gasteiger partial charge in [0.2, 0.25) is 0 Å². The molecule has 106 valence electrons. The molecule has 0 spiro atoms. The van der Waals surface area contributed by atoms with E-state index < -0.39 is 0 Å². The second kappa shape index (κ2) is 5.26. The molecule has 3 aromatic rings. The van der Waals surface area contributed by atoms with Crippen LogP contribution < -0.4 is 10.5 Å². The van der Waals surface area contributed by atoms with Gasteiger partial charge in [-0.1, -0.05) is 22.0 Å². The third-order valence-electron chi connectivity index (χ3n) is 3.36. The number of aromatic nitrogens is 1. The highest BCUT2D eigenvalue weighted by molar-refractivity contribution is 9.10. The van der Waals surface area contributed by atoms with Crippen molar-refractivity contribution in [1.82, 2.24) is 4.98 Å². The number of hydrogen-bond acceptors (Lipinski definition) is 3. The quantitative estimate of drug-likeness (QED) is 0.561. The topological polar surface area (TPSA) is 68.1 Å². The van der Waals surface area contributed by atoms with Gasteiger partial charge in [-0.15, -0.1) is 0 Å². The fourth-order valence-electron chi connectivity index (χ4n) is 2.33. The molecule has 0 radical (unpaired) electrons. The molecule has 5 heteroatoms. The number of anilines is 1. The Morgan fingerprint density at radius 2 is 2.00 bits per heavy atom. The maximum absolute atomic E-state index is 12.8. The summed E-state index contributed by atoms with van der Waals surface area (Å²) in [6, 6.07) is 10.8. The summed E-state index contributed by atoms with van der Waals surface area (Å²) < 4.78 is 6.21. The van der Waals surface area contributed by atoms with Crippen LogP contribution in [0.5, 0.6) is 5.75 Å². The van der Waals surface area contributed by atoms with Crippen molar-refractivity contribution in [3.63, 3.8) is 0 Å².